The molecule has 94 valence electrons. The molecule has 0 spiro atoms. The minimum atomic E-state index is 0.306. The average molecular weight is 259 g/mol. The number of nitrogens with zero attached hydrogens (tertiary/aromatic N) is 1. The van der Waals surface area contributed by atoms with E-state index in [-0.39, 0.29) is 0 Å². The molecule has 1 fully saturated rings. The summed E-state index contributed by atoms with van der Waals surface area (Å²) in [6, 6.07) is 6.49. The van der Waals surface area contributed by atoms with Crippen molar-refractivity contribution in [2.75, 3.05) is 11.4 Å². The van der Waals surface area contributed by atoms with Crippen molar-refractivity contribution in [3.8, 4) is 0 Å². The zero-order valence-corrected chi connectivity index (χ0v) is 11.6. The molecule has 3 rings (SSSR count). The first kappa shape index (κ1) is 11.8. The second-order valence-corrected chi connectivity index (χ2v) is 6.04. The fraction of sp³-hybridized carbons (Fsp3) is 0.400. The molecule has 0 radical (unpaired) electrons. The van der Waals surface area contributed by atoms with Crippen LogP contribution in [-0.4, -0.2) is 12.3 Å². The Morgan fingerprint density at radius 1 is 1.50 bits per heavy atom. The van der Waals surface area contributed by atoms with Gasteiger partial charge in [0.1, 0.15) is 0 Å². The number of fused-ring (bicyclic) bond motifs is 1. The van der Waals surface area contributed by atoms with Gasteiger partial charge in [0.15, 0.2) is 5.78 Å². The molecule has 0 saturated heterocycles. The van der Waals surface area contributed by atoms with E-state index in [4.69, 9.17) is 0 Å². The molecule has 0 aromatic heterocycles. The highest BCUT2D eigenvalue weighted by atomic mass is 32.2. The van der Waals surface area contributed by atoms with E-state index < -0.39 is 0 Å². The molecule has 1 aliphatic heterocycles. The fourth-order valence-electron chi connectivity index (χ4n) is 2.25. The van der Waals surface area contributed by atoms with Gasteiger partial charge >= 0.3 is 0 Å². The third-order valence-corrected chi connectivity index (χ3v) is 4.54. The van der Waals surface area contributed by atoms with Gasteiger partial charge in [-0.2, -0.15) is 0 Å². The molecule has 0 unspecified atom stereocenters. The number of rotatable bonds is 3. The summed E-state index contributed by atoms with van der Waals surface area (Å²) in [5.74, 6) is 0.614. The zero-order chi connectivity index (χ0) is 12.7. The fourth-order valence-corrected chi connectivity index (χ4v) is 3.52. The van der Waals surface area contributed by atoms with Crippen molar-refractivity contribution in [1.82, 2.24) is 0 Å². The molecule has 18 heavy (non-hydrogen) atoms. The van der Waals surface area contributed by atoms with Gasteiger partial charge in [-0.15, -0.1) is 0 Å². The Morgan fingerprint density at radius 3 is 2.94 bits per heavy atom. The van der Waals surface area contributed by atoms with Crippen LogP contribution in [0.1, 0.15) is 25.3 Å². The van der Waals surface area contributed by atoms with Crippen LogP contribution in [0.2, 0.25) is 0 Å². The molecular formula is C15H17NOS. The van der Waals surface area contributed by atoms with Gasteiger partial charge in [0, 0.05) is 23.4 Å². The molecule has 1 aromatic rings. The minimum absolute atomic E-state index is 0.306. The summed E-state index contributed by atoms with van der Waals surface area (Å²) < 4.78 is 0. The molecule has 0 bridgehead atoms. The molecular weight excluding hydrogens is 242 g/mol. The third kappa shape index (κ3) is 2.07. The summed E-state index contributed by atoms with van der Waals surface area (Å²) in [4.78, 5) is 15.4. The van der Waals surface area contributed by atoms with Crippen LogP contribution in [0.4, 0.5) is 5.69 Å². The molecule has 1 heterocycles. The van der Waals surface area contributed by atoms with Gasteiger partial charge < -0.3 is 4.90 Å². The van der Waals surface area contributed by atoms with Gasteiger partial charge in [-0.1, -0.05) is 17.8 Å². The van der Waals surface area contributed by atoms with Crippen LogP contribution in [0.15, 0.2) is 34.2 Å². The molecule has 0 atom stereocenters. The smallest absolute Gasteiger partial charge is 0.161 e. The highest BCUT2D eigenvalue weighted by Crippen LogP contribution is 2.46. The Bertz CT molecular complexity index is 531. The first-order valence-electron chi connectivity index (χ1n) is 6.50. The van der Waals surface area contributed by atoms with Crippen LogP contribution in [0.3, 0.4) is 0 Å². The van der Waals surface area contributed by atoms with Crippen molar-refractivity contribution < 1.29 is 4.79 Å². The average Bonchev–Trinajstić information content (AvgIpc) is 3.12. The van der Waals surface area contributed by atoms with E-state index in [1.165, 1.54) is 16.1 Å². The number of ketones is 1. The van der Waals surface area contributed by atoms with Crippen LogP contribution in [0.25, 0.3) is 0 Å². The lowest BCUT2D eigenvalue weighted by Crippen LogP contribution is -2.17. The number of carbonyl (C=O) groups excluding carboxylic acids is 1. The molecule has 1 aliphatic carbocycles. The Balaban J connectivity index is 1.92. The SMILES string of the molecule is CCN1C(=CC(=O)C2CC2)Sc2cc(C)ccc21. The Kier molecular flexibility index (Phi) is 2.94. The summed E-state index contributed by atoms with van der Waals surface area (Å²) in [6.07, 6.45) is 4.00. The van der Waals surface area contributed by atoms with E-state index in [1.54, 1.807) is 11.8 Å². The Labute approximate surface area is 112 Å². The van der Waals surface area contributed by atoms with Crippen molar-refractivity contribution in [2.45, 2.75) is 31.6 Å². The molecule has 2 nitrogen and oxygen atoms in total. The van der Waals surface area contributed by atoms with Crippen LogP contribution in [-0.2, 0) is 4.79 Å². The van der Waals surface area contributed by atoms with Crippen LogP contribution in [0.5, 0.6) is 0 Å². The molecule has 2 aliphatic rings. The summed E-state index contributed by atoms with van der Waals surface area (Å²) >= 11 is 1.72. The summed E-state index contributed by atoms with van der Waals surface area (Å²) in [6.45, 7) is 5.14. The lowest BCUT2D eigenvalue weighted by atomic mass is 10.2. The summed E-state index contributed by atoms with van der Waals surface area (Å²) in [5.41, 5.74) is 2.51. The molecule has 0 N–H and O–H groups in total. The number of hydrogen-bond donors (Lipinski definition) is 0. The largest absolute Gasteiger partial charge is 0.335 e. The molecule has 1 saturated carbocycles. The Hall–Kier alpha value is -1.22. The van der Waals surface area contributed by atoms with E-state index in [9.17, 15) is 4.79 Å². The number of benzene rings is 1. The maximum Gasteiger partial charge on any atom is 0.161 e. The first-order valence-corrected chi connectivity index (χ1v) is 7.32. The molecule has 1 aromatic carbocycles. The van der Waals surface area contributed by atoms with Crippen LogP contribution in [0, 0.1) is 12.8 Å². The predicted molar refractivity (Wildman–Crippen MR) is 75.9 cm³/mol. The van der Waals surface area contributed by atoms with Gasteiger partial charge in [-0.25, -0.2) is 0 Å². The van der Waals surface area contributed by atoms with Crippen LogP contribution < -0.4 is 4.90 Å². The second kappa shape index (κ2) is 4.47. The highest BCUT2D eigenvalue weighted by Gasteiger charge is 2.31. The molecule has 3 heteroatoms. The maximum atomic E-state index is 11.9. The topological polar surface area (TPSA) is 20.3 Å². The van der Waals surface area contributed by atoms with Crippen molar-refractivity contribution >= 4 is 23.2 Å². The summed E-state index contributed by atoms with van der Waals surface area (Å²) in [5, 5.41) is 1.09. The van der Waals surface area contributed by atoms with E-state index in [1.807, 2.05) is 6.08 Å². The zero-order valence-electron chi connectivity index (χ0n) is 10.8. The minimum Gasteiger partial charge on any atom is -0.335 e. The van der Waals surface area contributed by atoms with Crippen LogP contribution >= 0.6 is 11.8 Å². The van der Waals surface area contributed by atoms with Crippen molar-refractivity contribution in [3.63, 3.8) is 0 Å². The maximum absolute atomic E-state index is 11.9. The normalized spacial score (nSPS) is 20.3. The lowest BCUT2D eigenvalue weighted by Gasteiger charge is -2.17. The number of thioether (sulfide) groups is 1. The number of anilines is 1. The number of aryl methyl sites for hydroxylation is 1. The number of carbonyl (C=O) groups is 1. The monoisotopic (exact) mass is 259 g/mol. The highest BCUT2D eigenvalue weighted by molar-refractivity contribution is 8.03. The van der Waals surface area contributed by atoms with E-state index in [0.29, 0.717) is 11.7 Å². The Morgan fingerprint density at radius 2 is 2.28 bits per heavy atom. The number of allylic oxidation sites excluding steroid dienone is 1. The van der Waals surface area contributed by atoms with Gasteiger partial charge in [0.05, 0.1) is 10.7 Å². The van der Waals surface area contributed by atoms with Crippen molar-refractivity contribution in [2.24, 2.45) is 5.92 Å². The second-order valence-electron chi connectivity index (χ2n) is 4.98. The van der Waals surface area contributed by atoms with Crippen molar-refractivity contribution in [1.29, 1.82) is 0 Å². The van der Waals surface area contributed by atoms with Gasteiger partial charge in [0.25, 0.3) is 0 Å². The van der Waals surface area contributed by atoms with Gasteiger partial charge in [0.2, 0.25) is 0 Å². The van der Waals surface area contributed by atoms with E-state index >= 15 is 0 Å². The van der Waals surface area contributed by atoms with E-state index in [0.717, 1.165) is 24.4 Å². The van der Waals surface area contributed by atoms with Gasteiger partial charge in [-0.3, -0.25) is 4.79 Å². The van der Waals surface area contributed by atoms with Crippen molar-refractivity contribution in [3.05, 3.63) is 34.9 Å². The lowest BCUT2D eigenvalue weighted by molar-refractivity contribution is -0.115. The standard InChI is InChI=1S/C15H17NOS/c1-3-16-12-7-4-10(2)8-14(12)18-15(16)9-13(17)11-5-6-11/h4,7-9,11H,3,5-6H2,1-2H3. The summed E-state index contributed by atoms with van der Waals surface area (Å²) in [7, 11) is 0. The number of hydrogen-bond acceptors (Lipinski definition) is 3. The van der Waals surface area contributed by atoms with E-state index in [2.05, 4.69) is 36.9 Å². The van der Waals surface area contributed by atoms with Gasteiger partial charge in [-0.05, 0) is 44.4 Å². The quantitative estimate of drug-likeness (QED) is 0.771. The third-order valence-electron chi connectivity index (χ3n) is 3.45. The predicted octanol–water partition coefficient (Wildman–Crippen LogP) is 3.75. The molecule has 0 amide bonds. The first-order chi connectivity index (χ1) is 8.69.